The minimum Gasteiger partial charge on any atom is -0.493 e. The molecule has 0 bridgehead atoms. The Hall–Kier alpha value is -2.74. The van der Waals surface area contributed by atoms with Crippen LogP contribution in [-0.4, -0.2) is 68.6 Å². The molecule has 31 heavy (non-hydrogen) atoms. The highest BCUT2D eigenvalue weighted by atomic mass is 16.5. The van der Waals surface area contributed by atoms with Gasteiger partial charge in [0.2, 0.25) is 0 Å². The molecule has 1 aromatic carbocycles. The molecule has 0 aliphatic rings. The van der Waals surface area contributed by atoms with Gasteiger partial charge in [-0.2, -0.15) is 5.10 Å². The van der Waals surface area contributed by atoms with E-state index in [1.54, 1.807) is 21.3 Å². The van der Waals surface area contributed by atoms with E-state index < -0.39 is 0 Å². The van der Waals surface area contributed by atoms with Crippen LogP contribution in [-0.2, 0) is 13.5 Å². The molecule has 0 saturated carbocycles. The Kier molecular flexibility index (Phi) is 8.74. The Balaban J connectivity index is 2.05. The second-order valence-electron chi connectivity index (χ2n) is 8.07. The highest BCUT2D eigenvalue weighted by Crippen LogP contribution is 2.31. The van der Waals surface area contributed by atoms with Crippen molar-refractivity contribution < 1.29 is 9.47 Å². The van der Waals surface area contributed by atoms with Crippen LogP contribution >= 0.6 is 0 Å². The fourth-order valence-electron chi connectivity index (χ4n) is 3.75. The average molecular weight is 431 g/mol. The van der Waals surface area contributed by atoms with Crippen molar-refractivity contribution in [2.24, 2.45) is 12.0 Å². The van der Waals surface area contributed by atoms with E-state index in [0.717, 1.165) is 35.1 Å². The van der Waals surface area contributed by atoms with E-state index in [9.17, 15) is 0 Å². The molecule has 0 fully saturated rings. The van der Waals surface area contributed by atoms with Crippen molar-refractivity contribution in [1.29, 1.82) is 0 Å². The number of aliphatic imine (C=N–C) groups is 1. The summed E-state index contributed by atoms with van der Waals surface area (Å²) in [7, 11) is 11.2. The van der Waals surface area contributed by atoms with Crippen LogP contribution in [0.2, 0.25) is 0 Å². The first-order valence-electron chi connectivity index (χ1n) is 10.6. The van der Waals surface area contributed by atoms with E-state index in [1.807, 2.05) is 23.9 Å². The van der Waals surface area contributed by atoms with E-state index in [1.165, 1.54) is 11.3 Å². The molecule has 2 rings (SSSR count). The molecule has 2 unspecified atom stereocenters. The van der Waals surface area contributed by atoms with Gasteiger partial charge in [0.1, 0.15) is 0 Å². The van der Waals surface area contributed by atoms with Gasteiger partial charge in [-0.3, -0.25) is 9.67 Å². The number of hydrogen-bond donors (Lipinski definition) is 2. The predicted octanol–water partition coefficient (Wildman–Crippen LogP) is 2.45. The summed E-state index contributed by atoms with van der Waals surface area (Å²) < 4.78 is 12.8. The smallest absolute Gasteiger partial charge is 0.191 e. The number of methoxy groups -OCH3 is 2. The molecule has 2 aromatic rings. The maximum atomic E-state index is 5.48. The Morgan fingerprint density at radius 1 is 1.19 bits per heavy atom. The molecule has 0 amide bonds. The molecule has 0 aliphatic heterocycles. The average Bonchev–Trinajstić information content (AvgIpc) is 2.98. The van der Waals surface area contributed by atoms with Gasteiger partial charge in [0.15, 0.2) is 17.5 Å². The number of aromatic nitrogens is 2. The maximum absolute atomic E-state index is 5.48. The summed E-state index contributed by atoms with van der Waals surface area (Å²) in [6.07, 6.45) is 0.888. The Morgan fingerprint density at radius 2 is 1.87 bits per heavy atom. The number of ether oxygens (including phenoxy) is 2. The summed E-state index contributed by atoms with van der Waals surface area (Å²) >= 11 is 0. The number of guanidine groups is 1. The van der Waals surface area contributed by atoms with Crippen molar-refractivity contribution in [1.82, 2.24) is 25.3 Å². The first-order chi connectivity index (χ1) is 14.7. The molecular formula is C23H38N6O2. The van der Waals surface area contributed by atoms with Gasteiger partial charge in [0, 0.05) is 32.4 Å². The third kappa shape index (κ3) is 6.13. The number of nitrogens with zero attached hydrogens (tertiary/aromatic N) is 4. The molecular weight excluding hydrogens is 392 g/mol. The van der Waals surface area contributed by atoms with Crippen LogP contribution in [0.4, 0.5) is 0 Å². The van der Waals surface area contributed by atoms with Gasteiger partial charge in [0.25, 0.3) is 0 Å². The third-order valence-electron chi connectivity index (χ3n) is 5.65. The minimum atomic E-state index is 0.136. The van der Waals surface area contributed by atoms with Crippen LogP contribution in [0.1, 0.15) is 35.5 Å². The van der Waals surface area contributed by atoms with Gasteiger partial charge in [-0.05, 0) is 64.5 Å². The van der Waals surface area contributed by atoms with E-state index in [0.29, 0.717) is 6.54 Å². The highest BCUT2D eigenvalue weighted by Gasteiger charge is 2.18. The Bertz CT molecular complexity index is 890. The van der Waals surface area contributed by atoms with Gasteiger partial charge in [0.05, 0.1) is 26.0 Å². The lowest BCUT2D eigenvalue weighted by Gasteiger charge is -2.27. The molecule has 0 spiro atoms. The highest BCUT2D eigenvalue weighted by molar-refractivity contribution is 5.80. The number of aryl methyl sites for hydroxylation is 2. The third-order valence-corrected chi connectivity index (χ3v) is 5.65. The van der Waals surface area contributed by atoms with Crippen molar-refractivity contribution in [3.05, 3.63) is 40.7 Å². The van der Waals surface area contributed by atoms with Crippen LogP contribution in [0.3, 0.4) is 0 Å². The molecule has 8 nitrogen and oxygen atoms in total. The van der Waals surface area contributed by atoms with Gasteiger partial charge in [-0.1, -0.05) is 6.07 Å². The van der Waals surface area contributed by atoms with Crippen molar-refractivity contribution in [2.45, 2.75) is 39.3 Å². The molecule has 0 radical (unpaired) electrons. The molecule has 2 atom stereocenters. The normalized spacial score (nSPS) is 13.8. The van der Waals surface area contributed by atoms with Crippen LogP contribution in [0.5, 0.6) is 11.5 Å². The topological polar surface area (TPSA) is 75.9 Å². The van der Waals surface area contributed by atoms with Gasteiger partial charge in [-0.15, -0.1) is 0 Å². The summed E-state index contributed by atoms with van der Waals surface area (Å²) in [4.78, 5) is 6.59. The lowest BCUT2D eigenvalue weighted by Crippen LogP contribution is -2.45. The Morgan fingerprint density at radius 3 is 2.39 bits per heavy atom. The molecule has 172 valence electrons. The first kappa shape index (κ1) is 24.5. The van der Waals surface area contributed by atoms with E-state index in [-0.39, 0.29) is 12.1 Å². The summed E-state index contributed by atoms with van der Waals surface area (Å²) in [5.41, 5.74) is 4.71. The molecule has 0 aliphatic carbocycles. The number of nitrogens with one attached hydrogen (secondary N) is 2. The van der Waals surface area contributed by atoms with E-state index in [2.05, 4.69) is 66.6 Å². The van der Waals surface area contributed by atoms with Gasteiger partial charge >= 0.3 is 0 Å². The summed E-state index contributed by atoms with van der Waals surface area (Å²) in [6.45, 7) is 7.03. The van der Waals surface area contributed by atoms with E-state index >= 15 is 0 Å². The standard InChI is InChI=1S/C23H38N6O2/c1-15(12-19-16(2)27-29(7)17(19)3)26-23(24-4)25-14-20(28(5)6)18-10-11-21(30-8)22(13-18)31-9/h10-11,13,15,20H,12,14H2,1-9H3,(H2,24,25,26). The van der Waals surface area contributed by atoms with Crippen LogP contribution < -0.4 is 20.1 Å². The monoisotopic (exact) mass is 430 g/mol. The van der Waals surface area contributed by atoms with Crippen LogP contribution in [0.25, 0.3) is 0 Å². The lowest BCUT2D eigenvalue weighted by atomic mass is 10.0. The first-order valence-corrected chi connectivity index (χ1v) is 10.6. The summed E-state index contributed by atoms with van der Waals surface area (Å²) in [5, 5.41) is 11.5. The van der Waals surface area contributed by atoms with Crippen LogP contribution in [0.15, 0.2) is 23.2 Å². The molecule has 1 heterocycles. The molecule has 1 aromatic heterocycles. The zero-order chi connectivity index (χ0) is 23.1. The Labute approximate surface area is 186 Å². The van der Waals surface area contributed by atoms with E-state index in [4.69, 9.17) is 9.47 Å². The zero-order valence-corrected chi connectivity index (χ0v) is 20.4. The molecule has 8 heteroatoms. The zero-order valence-electron chi connectivity index (χ0n) is 20.4. The fourth-order valence-corrected chi connectivity index (χ4v) is 3.75. The predicted molar refractivity (Wildman–Crippen MR) is 126 cm³/mol. The number of hydrogen-bond acceptors (Lipinski definition) is 5. The fraction of sp³-hybridized carbons (Fsp3) is 0.565. The number of likely N-dealkylation sites (N-methyl/N-ethyl adjacent to an activating group) is 1. The van der Waals surface area contributed by atoms with Crippen molar-refractivity contribution in [3.63, 3.8) is 0 Å². The van der Waals surface area contributed by atoms with Crippen LogP contribution in [0, 0.1) is 13.8 Å². The molecule has 0 saturated heterocycles. The SMILES string of the molecule is CN=C(NCC(c1ccc(OC)c(OC)c1)N(C)C)NC(C)Cc1c(C)nn(C)c1C. The number of benzene rings is 1. The molecule has 2 N–H and O–H groups in total. The summed E-state index contributed by atoms with van der Waals surface area (Å²) in [6, 6.07) is 6.39. The van der Waals surface area contributed by atoms with Gasteiger partial charge in [-0.25, -0.2) is 0 Å². The largest absolute Gasteiger partial charge is 0.493 e. The van der Waals surface area contributed by atoms with Crippen molar-refractivity contribution >= 4 is 5.96 Å². The second-order valence-corrected chi connectivity index (χ2v) is 8.07. The quantitative estimate of drug-likeness (QED) is 0.470. The lowest BCUT2D eigenvalue weighted by molar-refractivity contribution is 0.295. The minimum absolute atomic E-state index is 0.136. The van der Waals surface area contributed by atoms with Gasteiger partial charge < -0.3 is 25.0 Å². The second kappa shape index (κ2) is 11.0. The number of rotatable bonds is 9. The van der Waals surface area contributed by atoms with Crippen molar-refractivity contribution in [3.8, 4) is 11.5 Å². The summed E-state index contributed by atoms with van der Waals surface area (Å²) in [5.74, 6) is 2.23. The van der Waals surface area contributed by atoms with Crippen molar-refractivity contribution in [2.75, 3.05) is 41.9 Å². The maximum Gasteiger partial charge on any atom is 0.191 e.